The van der Waals surface area contributed by atoms with Crippen LogP contribution in [0.15, 0.2) is 41.0 Å². The number of allylic oxidation sites excluding steroid dienone is 3. The number of nitrogens with zero attached hydrogens (tertiary/aromatic N) is 3. The van der Waals surface area contributed by atoms with Crippen LogP contribution in [-0.2, 0) is 23.8 Å². The molecule has 1 unspecified atom stereocenters. The first-order chi connectivity index (χ1) is 14.5. The third kappa shape index (κ3) is 6.94. The highest BCUT2D eigenvalue weighted by molar-refractivity contribution is 8.04. The molecule has 1 saturated carbocycles. The van der Waals surface area contributed by atoms with Crippen molar-refractivity contribution in [3.63, 3.8) is 0 Å². The Bertz CT molecular complexity index is 886. The number of aryl methyl sites for hydroxylation is 2. The van der Waals surface area contributed by atoms with E-state index in [-0.39, 0.29) is 4.75 Å². The van der Waals surface area contributed by atoms with Gasteiger partial charge in [-0.25, -0.2) is 4.98 Å². The molecule has 2 rings (SSSR count). The Morgan fingerprint density at radius 1 is 1.45 bits per heavy atom. The average Bonchev–Trinajstić information content (AvgIpc) is 3.46. The Hall–Kier alpha value is -1.61. The molecule has 1 fully saturated rings. The first-order valence-corrected chi connectivity index (χ1v) is 12.1. The summed E-state index contributed by atoms with van der Waals surface area (Å²) in [6, 6.07) is 0. The molecule has 172 valence electrons. The molecule has 1 aromatic heterocycles. The number of rotatable bonds is 10. The van der Waals surface area contributed by atoms with E-state index in [1.165, 1.54) is 11.3 Å². The first-order valence-electron chi connectivity index (χ1n) is 10.4. The van der Waals surface area contributed by atoms with Crippen molar-refractivity contribution in [1.29, 1.82) is 0 Å². The number of aliphatic hydroxyl groups excluding tert-OH is 1. The third-order valence-electron chi connectivity index (χ3n) is 5.21. The molecule has 1 aliphatic rings. The molecule has 0 aliphatic heterocycles. The van der Waals surface area contributed by atoms with Gasteiger partial charge in [0.1, 0.15) is 16.4 Å². The van der Waals surface area contributed by atoms with Crippen molar-refractivity contribution < 1.29 is 14.9 Å². The quantitative estimate of drug-likeness (QED) is 0.296. The Morgan fingerprint density at radius 3 is 2.65 bits per heavy atom. The van der Waals surface area contributed by atoms with Crippen LogP contribution in [0, 0.1) is 6.92 Å². The van der Waals surface area contributed by atoms with Gasteiger partial charge >= 0.3 is 0 Å². The Balaban J connectivity index is 2.49. The van der Waals surface area contributed by atoms with Crippen LogP contribution < -0.4 is 0 Å². The summed E-state index contributed by atoms with van der Waals surface area (Å²) in [5, 5.41) is 25.9. The molecular weight excluding hydrogens is 430 g/mol. The van der Waals surface area contributed by atoms with Gasteiger partial charge in [0.15, 0.2) is 0 Å². The highest BCUT2D eigenvalue weighted by Crippen LogP contribution is 2.55. The van der Waals surface area contributed by atoms with E-state index in [1.807, 2.05) is 33.0 Å². The van der Waals surface area contributed by atoms with Gasteiger partial charge in [-0.05, 0) is 53.0 Å². The van der Waals surface area contributed by atoms with Gasteiger partial charge < -0.3 is 14.9 Å². The van der Waals surface area contributed by atoms with E-state index in [0.29, 0.717) is 17.8 Å². The van der Waals surface area contributed by atoms with Gasteiger partial charge in [-0.3, -0.25) is 4.68 Å². The predicted molar refractivity (Wildman–Crippen MR) is 129 cm³/mol. The summed E-state index contributed by atoms with van der Waals surface area (Å²) >= 11 is 3.00. The van der Waals surface area contributed by atoms with Crippen LogP contribution in [0.5, 0.6) is 0 Å². The second-order valence-electron chi connectivity index (χ2n) is 8.28. The van der Waals surface area contributed by atoms with Gasteiger partial charge in [0.25, 0.3) is 0 Å². The van der Waals surface area contributed by atoms with Crippen LogP contribution in [0.25, 0.3) is 0 Å². The molecule has 2 N–H and O–H groups in total. The predicted octanol–water partition coefficient (Wildman–Crippen LogP) is 4.72. The largest absolute Gasteiger partial charge is 0.496 e. The van der Waals surface area contributed by atoms with E-state index in [9.17, 15) is 10.2 Å². The molecule has 31 heavy (non-hydrogen) atoms. The van der Waals surface area contributed by atoms with Crippen molar-refractivity contribution in [2.75, 3.05) is 7.11 Å². The monoisotopic (exact) mass is 465 g/mol. The highest BCUT2D eigenvalue weighted by atomic mass is 32.2. The maximum Gasteiger partial charge on any atom is 0.146 e. The van der Waals surface area contributed by atoms with Crippen LogP contribution in [0.4, 0.5) is 0 Å². The molecule has 6 nitrogen and oxygen atoms in total. The number of methoxy groups -OCH3 is 1. The third-order valence-corrected chi connectivity index (χ3v) is 7.97. The maximum absolute atomic E-state index is 10.4. The van der Waals surface area contributed by atoms with Crippen molar-refractivity contribution in [2.24, 2.45) is 7.05 Å². The molecule has 1 aromatic rings. The summed E-state index contributed by atoms with van der Waals surface area (Å²) in [5.41, 5.74) is 2.46. The Kier molecular flexibility index (Phi) is 8.94. The maximum atomic E-state index is 10.4. The lowest BCUT2D eigenvalue weighted by molar-refractivity contribution is 0.0763. The molecule has 0 saturated heterocycles. The van der Waals surface area contributed by atoms with E-state index in [1.54, 1.807) is 42.9 Å². The van der Waals surface area contributed by atoms with E-state index >= 15 is 0 Å². The van der Waals surface area contributed by atoms with Gasteiger partial charge in [-0.1, -0.05) is 12.2 Å². The van der Waals surface area contributed by atoms with Crippen molar-refractivity contribution in [2.45, 2.75) is 69.8 Å². The molecule has 8 heteroatoms. The first kappa shape index (κ1) is 25.6. The molecule has 1 atom stereocenters. The zero-order chi connectivity index (χ0) is 23.2. The smallest absolute Gasteiger partial charge is 0.146 e. The van der Waals surface area contributed by atoms with Gasteiger partial charge in [0.05, 0.1) is 30.1 Å². The van der Waals surface area contributed by atoms with Crippen LogP contribution in [0.1, 0.15) is 56.4 Å². The fourth-order valence-electron chi connectivity index (χ4n) is 3.03. The highest BCUT2D eigenvalue weighted by Gasteiger charge is 2.48. The average molecular weight is 466 g/mol. The molecule has 0 aromatic carbocycles. The fourth-order valence-corrected chi connectivity index (χ4v) is 5.15. The topological polar surface area (TPSA) is 80.4 Å². The standard InChI is InChI=1S/C23H35N3O3S2/c1-8-9-10-19(29-7)20(31-23(13-14-23)17(3)27)12-11-18-16(2)24-15-30-21(22(4,5)28)25-26(18)6/h8,10,12,15,17,27-28H,1,9,11,13-14H2,2-7H3/b18-16?,19-10+,20-12+,24-15?,25-21?. The number of hydrogen-bond acceptors (Lipinski definition) is 7. The second-order valence-corrected chi connectivity index (χ2v) is 10.6. The van der Waals surface area contributed by atoms with Gasteiger partial charge in [0, 0.05) is 23.1 Å². The molecule has 0 amide bonds. The molecule has 0 radical (unpaired) electrons. The lowest BCUT2D eigenvalue weighted by atomic mass is 10.2. The zero-order valence-corrected chi connectivity index (χ0v) is 21.0. The summed E-state index contributed by atoms with van der Waals surface area (Å²) in [4.78, 5) is 5.53. The van der Waals surface area contributed by atoms with E-state index < -0.39 is 11.7 Å². The summed E-state index contributed by atoms with van der Waals surface area (Å²) in [5.74, 6) is 0.781. The minimum atomic E-state index is -1.05. The van der Waals surface area contributed by atoms with E-state index in [4.69, 9.17) is 4.74 Å². The Morgan fingerprint density at radius 2 is 2.13 bits per heavy atom. The summed E-state index contributed by atoms with van der Waals surface area (Å²) < 4.78 is 7.31. The SMILES string of the molecule is C=CC/C=C(OC)\C(=C/Cc1c(C)ncsc(C(C)(C)O)nn1C)SC1(C(C)O)CC1. The Labute approximate surface area is 194 Å². The van der Waals surface area contributed by atoms with E-state index in [0.717, 1.165) is 34.9 Å². The van der Waals surface area contributed by atoms with Crippen LogP contribution >= 0.6 is 23.1 Å². The normalized spacial score (nSPS) is 17.2. The summed E-state index contributed by atoms with van der Waals surface area (Å²) in [7, 11) is 3.54. The molecule has 1 aliphatic carbocycles. The van der Waals surface area contributed by atoms with Crippen LogP contribution in [-0.4, -0.2) is 42.9 Å². The molecular formula is C23H35N3O3S2. The van der Waals surface area contributed by atoms with Crippen LogP contribution in [0.2, 0.25) is 0 Å². The second kappa shape index (κ2) is 10.8. The van der Waals surface area contributed by atoms with Crippen molar-refractivity contribution in [1.82, 2.24) is 14.8 Å². The number of aliphatic hydroxyl groups is 2. The van der Waals surface area contributed by atoms with Crippen LogP contribution in [0.3, 0.4) is 0 Å². The molecule has 1 heterocycles. The molecule has 0 spiro atoms. The van der Waals surface area contributed by atoms with Gasteiger partial charge in [-0.2, -0.15) is 5.10 Å². The number of thioether (sulfide) groups is 1. The van der Waals surface area contributed by atoms with E-state index in [2.05, 4.69) is 22.7 Å². The summed E-state index contributed by atoms with van der Waals surface area (Å²) in [6.45, 7) is 11.0. The van der Waals surface area contributed by atoms with Crippen molar-refractivity contribution in [3.05, 3.63) is 57.4 Å². The number of ether oxygens (including phenoxy) is 1. The van der Waals surface area contributed by atoms with Gasteiger partial charge in [-0.15, -0.1) is 29.7 Å². The molecule has 0 bridgehead atoms. The van der Waals surface area contributed by atoms with Gasteiger partial charge in [0.2, 0.25) is 0 Å². The number of hydrogen-bond donors (Lipinski definition) is 2. The van der Waals surface area contributed by atoms with Crippen molar-refractivity contribution in [3.8, 4) is 0 Å². The lowest BCUT2D eigenvalue weighted by Crippen LogP contribution is -2.21. The zero-order valence-electron chi connectivity index (χ0n) is 19.4. The van der Waals surface area contributed by atoms with Crippen molar-refractivity contribution >= 4 is 23.1 Å². The summed E-state index contributed by atoms with van der Waals surface area (Å²) in [6.07, 6.45) is 8.80. The minimum Gasteiger partial charge on any atom is -0.496 e. The minimum absolute atomic E-state index is 0.158. The fraction of sp³-hybridized carbons (Fsp3) is 0.565. The number of aromatic nitrogens is 3. The lowest BCUT2D eigenvalue weighted by Gasteiger charge is -2.21.